The van der Waals surface area contributed by atoms with Crippen molar-refractivity contribution in [3.05, 3.63) is 22.4 Å². The minimum Gasteiger partial charge on any atom is -0.462 e. The van der Waals surface area contributed by atoms with Gasteiger partial charge in [0, 0.05) is 13.7 Å². The first-order valence-electron chi connectivity index (χ1n) is 5.01. The number of rotatable bonds is 1. The molecule has 7 heteroatoms. The zero-order chi connectivity index (χ0) is 12.8. The van der Waals surface area contributed by atoms with Crippen LogP contribution < -0.4 is 10.3 Å². The lowest BCUT2D eigenvalue weighted by atomic mass is 10.3. The molecule has 1 aromatic rings. The van der Waals surface area contributed by atoms with Crippen molar-refractivity contribution < 1.29 is 13.9 Å². The van der Waals surface area contributed by atoms with E-state index < -0.39 is 11.4 Å². The Kier molecular flexibility index (Phi) is 5.57. The Morgan fingerprint density at radius 3 is 3.00 bits per heavy atom. The maximum absolute atomic E-state index is 12.9. The molecule has 2 heterocycles. The number of ether oxygens (including phenoxy) is 2. The van der Waals surface area contributed by atoms with Crippen molar-refractivity contribution in [3.63, 3.8) is 0 Å². The third-order valence-electron chi connectivity index (χ3n) is 2.34. The molecule has 0 saturated carbocycles. The molecular formula is C10H14BrFN2O3. The predicted octanol–water partition coefficient (Wildman–Crippen LogP) is 1.19. The molecule has 17 heavy (non-hydrogen) atoms. The smallest absolute Gasteiger partial charge is 0.311 e. The number of halogens is 2. The van der Waals surface area contributed by atoms with Crippen LogP contribution in [-0.2, 0) is 11.3 Å². The molecule has 0 spiro atoms. The molecule has 0 aromatic carbocycles. The second-order valence-electron chi connectivity index (χ2n) is 3.33. The second kappa shape index (κ2) is 6.70. The standard InChI is InChI=1S/C9H11FN2O3.CH3Br/c1-14-6-2-3-12-4-7(10)8(13)11-9(12)15-5-6;1-2/h4,6H,2-3,5H2,1H3;1H3. The van der Waals surface area contributed by atoms with Gasteiger partial charge in [-0.2, -0.15) is 9.37 Å². The molecule has 0 aliphatic carbocycles. The Labute approximate surface area is 107 Å². The van der Waals surface area contributed by atoms with E-state index in [1.165, 1.54) is 4.57 Å². The van der Waals surface area contributed by atoms with Crippen molar-refractivity contribution in [1.29, 1.82) is 0 Å². The van der Waals surface area contributed by atoms with Crippen molar-refractivity contribution in [3.8, 4) is 6.01 Å². The molecule has 1 unspecified atom stereocenters. The second-order valence-corrected chi connectivity index (χ2v) is 3.33. The van der Waals surface area contributed by atoms with Crippen LogP contribution in [0, 0.1) is 5.82 Å². The Bertz CT molecular complexity index is 425. The number of nitrogens with zero attached hydrogens (tertiary/aromatic N) is 2. The van der Waals surface area contributed by atoms with Crippen LogP contribution in [0.3, 0.4) is 0 Å². The van der Waals surface area contributed by atoms with E-state index in [-0.39, 0.29) is 12.1 Å². The van der Waals surface area contributed by atoms with Gasteiger partial charge in [-0.1, -0.05) is 15.9 Å². The zero-order valence-corrected chi connectivity index (χ0v) is 11.2. The molecule has 2 rings (SSSR count). The van der Waals surface area contributed by atoms with E-state index in [1.807, 2.05) is 5.83 Å². The summed E-state index contributed by atoms with van der Waals surface area (Å²) in [5, 5.41) is 0. The summed E-state index contributed by atoms with van der Waals surface area (Å²) in [5.41, 5.74) is -0.892. The van der Waals surface area contributed by atoms with Crippen LogP contribution >= 0.6 is 15.9 Å². The molecule has 0 N–H and O–H groups in total. The molecule has 96 valence electrons. The fraction of sp³-hybridized carbons (Fsp3) is 0.600. The number of alkyl halides is 1. The molecule has 5 nitrogen and oxygen atoms in total. The third-order valence-corrected chi connectivity index (χ3v) is 2.34. The Morgan fingerprint density at radius 2 is 2.35 bits per heavy atom. The molecule has 0 radical (unpaired) electrons. The summed E-state index contributed by atoms with van der Waals surface area (Å²) < 4.78 is 24.8. The molecular weight excluding hydrogens is 295 g/mol. The van der Waals surface area contributed by atoms with E-state index in [0.29, 0.717) is 19.6 Å². The van der Waals surface area contributed by atoms with E-state index in [1.54, 1.807) is 7.11 Å². The minimum atomic E-state index is -0.892. The van der Waals surface area contributed by atoms with Crippen LogP contribution in [0.5, 0.6) is 6.01 Å². The van der Waals surface area contributed by atoms with Gasteiger partial charge in [-0.15, -0.1) is 0 Å². The predicted molar refractivity (Wildman–Crippen MR) is 64.2 cm³/mol. The molecule has 0 saturated heterocycles. The summed E-state index contributed by atoms with van der Waals surface area (Å²) in [6, 6.07) is 0.154. The van der Waals surface area contributed by atoms with E-state index in [4.69, 9.17) is 9.47 Å². The summed E-state index contributed by atoms with van der Waals surface area (Å²) in [4.78, 5) is 14.4. The van der Waals surface area contributed by atoms with Crippen molar-refractivity contribution in [1.82, 2.24) is 9.55 Å². The van der Waals surface area contributed by atoms with Crippen molar-refractivity contribution in [2.45, 2.75) is 19.1 Å². The summed E-state index contributed by atoms with van der Waals surface area (Å²) in [6.07, 6.45) is 1.76. The van der Waals surface area contributed by atoms with E-state index in [0.717, 1.165) is 6.20 Å². The average molecular weight is 309 g/mol. The van der Waals surface area contributed by atoms with E-state index in [2.05, 4.69) is 20.9 Å². The van der Waals surface area contributed by atoms with Crippen LogP contribution in [0.1, 0.15) is 6.42 Å². The quantitative estimate of drug-likeness (QED) is 0.731. The van der Waals surface area contributed by atoms with Crippen LogP contribution in [0.25, 0.3) is 0 Å². The zero-order valence-electron chi connectivity index (χ0n) is 9.65. The first kappa shape index (κ1) is 14.1. The van der Waals surface area contributed by atoms with Crippen LogP contribution in [0.15, 0.2) is 11.0 Å². The highest BCUT2D eigenvalue weighted by Gasteiger charge is 2.18. The van der Waals surface area contributed by atoms with Gasteiger partial charge in [-0.05, 0) is 12.3 Å². The SMILES string of the molecule is CBr.COC1CCn2cc(F)c(=O)nc2OC1. The molecule has 0 amide bonds. The van der Waals surface area contributed by atoms with Gasteiger partial charge in [0.2, 0.25) is 5.82 Å². The highest BCUT2D eigenvalue weighted by atomic mass is 79.9. The molecule has 1 atom stereocenters. The van der Waals surface area contributed by atoms with E-state index in [9.17, 15) is 9.18 Å². The van der Waals surface area contributed by atoms with Crippen LogP contribution in [0.2, 0.25) is 0 Å². The van der Waals surface area contributed by atoms with Gasteiger partial charge in [-0.3, -0.25) is 9.36 Å². The van der Waals surface area contributed by atoms with Gasteiger partial charge in [0.1, 0.15) is 6.61 Å². The Morgan fingerprint density at radius 1 is 1.65 bits per heavy atom. The van der Waals surface area contributed by atoms with Gasteiger partial charge in [0.15, 0.2) is 0 Å². The van der Waals surface area contributed by atoms with Crippen molar-refractivity contribution in [2.75, 3.05) is 19.5 Å². The molecule has 0 fully saturated rings. The minimum absolute atomic E-state index is 0.0511. The lowest BCUT2D eigenvalue weighted by Crippen LogP contribution is -2.19. The Balaban J connectivity index is 0.000000686. The Hall–Kier alpha value is -0.950. The number of hydrogen-bond acceptors (Lipinski definition) is 4. The molecule has 1 aromatic heterocycles. The summed E-state index contributed by atoms with van der Waals surface area (Å²) >= 11 is 2.94. The summed E-state index contributed by atoms with van der Waals surface area (Å²) in [6.45, 7) is 0.854. The lowest BCUT2D eigenvalue weighted by Gasteiger charge is -2.09. The monoisotopic (exact) mass is 308 g/mol. The molecule has 1 aliphatic rings. The van der Waals surface area contributed by atoms with E-state index >= 15 is 0 Å². The van der Waals surface area contributed by atoms with Crippen molar-refractivity contribution >= 4 is 15.9 Å². The van der Waals surface area contributed by atoms with Gasteiger partial charge >= 0.3 is 5.56 Å². The average Bonchev–Trinajstić information content (AvgIpc) is 2.55. The van der Waals surface area contributed by atoms with Gasteiger partial charge in [0.25, 0.3) is 6.01 Å². The number of fused-ring (bicyclic) bond motifs is 1. The lowest BCUT2D eigenvalue weighted by molar-refractivity contribution is 0.0563. The molecule has 1 aliphatic heterocycles. The summed E-state index contributed by atoms with van der Waals surface area (Å²) in [7, 11) is 1.59. The third kappa shape index (κ3) is 3.50. The fourth-order valence-corrected chi connectivity index (χ4v) is 1.45. The maximum atomic E-state index is 12.9. The number of hydrogen-bond donors (Lipinski definition) is 0. The van der Waals surface area contributed by atoms with Crippen LogP contribution in [-0.4, -0.2) is 35.2 Å². The fourth-order valence-electron chi connectivity index (χ4n) is 1.45. The van der Waals surface area contributed by atoms with Gasteiger partial charge < -0.3 is 9.47 Å². The number of aromatic nitrogens is 2. The first-order valence-corrected chi connectivity index (χ1v) is 6.59. The number of aryl methyl sites for hydroxylation is 1. The van der Waals surface area contributed by atoms with Crippen molar-refractivity contribution in [2.24, 2.45) is 0 Å². The highest BCUT2D eigenvalue weighted by molar-refractivity contribution is 9.08. The molecule has 0 bridgehead atoms. The largest absolute Gasteiger partial charge is 0.462 e. The topological polar surface area (TPSA) is 53.4 Å². The van der Waals surface area contributed by atoms with Gasteiger partial charge in [-0.25, -0.2) is 0 Å². The highest BCUT2D eigenvalue weighted by Crippen LogP contribution is 2.14. The van der Waals surface area contributed by atoms with Gasteiger partial charge in [0.05, 0.1) is 12.3 Å². The van der Waals surface area contributed by atoms with Crippen LogP contribution in [0.4, 0.5) is 4.39 Å². The number of methoxy groups -OCH3 is 1. The first-order chi connectivity index (χ1) is 8.20. The summed E-state index contributed by atoms with van der Waals surface area (Å²) in [5.74, 6) is 0.950. The normalized spacial score (nSPS) is 18.2. The maximum Gasteiger partial charge on any atom is 0.311 e.